The smallest absolute Gasteiger partial charge is 0.255 e. The van der Waals surface area contributed by atoms with E-state index in [1.807, 2.05) is 80.0 Å². The van der Waals surface area contributed by atoms with Crippen molar-refractivity contribution in [3.8, 4) is 16.9 Å². The molecule has 0 aliphatic heterocycles. The lowest BCUT2D eigenvalue weighted by Gasteiger charge is -2.17. The van der Waals surface area contributed by atoms with Crippen molar-refractivity contribution in [2.75, 3.05) is 30.7 Å². The van der Waals surface area contributed by atoms with Crippen molar-refractivity contribution < 1.29 is 14.6 Å². The number of hydrogen-bond acceptors (Lipinski definition) is 5. The van der Waals surface area contributed by atoms with Crippen LogP contribution in [-0.2, 0) is 0 Å². The fourth-order valence-electron chi connectivity index (χ4n) is 4.12. The zero-order valence-corrected chi connectivity index (χ0v) is 20.8. The van der Waals surface area contributed by atoms with Crippen molar-refractivity contribution in [2.24, 2.45) is 0 Å². The van der Waals surface area contributed by atoms with Gasteiger partial charge in [-0.05, 0) is 53.4 Å². The molecule has 35 heavy (non-hydrogen) atoms. The first-order valence-electron chi connectivity index (χ1n) is 11.8. The minimum atomic E-state index is -0.229. The number of benzene rings is 3. The second kappa shape index (κ2) is 11.8. The summed E-state index contributed by atoms with van der Waals surface area (Å²) >= 11 is 1.53. The number of anilines is 1. The lowest BCUT2D eigenvalue weighted by molar-refractivity contribution is 0.0943. The third-order valence-electron chi connectivity index (χ3n) is 5.89. The molecule has 6 nitrogen and oxygen atoms in total. The van der Waals surface area contributed by atoms with Crippen LogP contribution in [0.5, 0.6) is 5.75 Å². The third kappa shape index (κ3) is 5.81. The van der Waals surface area contributed by atoms with Gasteiger partial charge in [0, 0.05) is 41.5 Å². The zero-order valence-electron chi connectivity index (χ0n) is 20.0. The summed E-state index contributed by atoms with van der Waals surface area (Å²) in [6, 6.07) is 21.7. The first-order valence-corrected chi connectivity index (χ1v) is 13.0. The first-order chi connectivity index (χ1) is 17.1. The summed E-state index contributed by atoms with van der Waals surface area (Å²) in [5, 5.41) is 14.1. The van der Waals surface area contributed by atoms with Gasteiger partial charge in [-0.1, -0.05) is 55.3 Å². The second-order valence-electron chi connectivity index (χ2n) is 8.33. The number of nitrogens with one attached hydrogen (secondary N) is 3. The highest BCUT2D eigenvalue weighted by Gasteiger charge is 2.19. The SMILES string of the molecule is CCCOc1ccc(-c2cccc(NSC)c2)cc1C(=O)NC[C@H](CO)c1c[nH]c2ccccc12. The number of carbonyl (C=O) groups is 1. The summed E-state index contributed by atoms with van der Waals surface area (Å²) in [7, 11) is 0. The number of aromatic nitrogens is 1. The van der Waals surface area contributed by atoms with Crippen molar-refractivity contribution in [3.63, 3.8) is 0 Å². The van der Waals surface area contributed by atoms with Crippen molar-refractivity contribution in [1.82, 2.24) is 10.3 Å². The largest absolute Gasteiger partial charge is 0.493 e. The predicted octanol–water partition coefficient (Wildman–Crippen LogP) is 5.82. The van der Waals surface area contributed by atoms with Gasteiger partial charge in [0.2, 0.25) is 0 Å². The van der Waals surface area contributed by atoms with Crippen LogP contribution < -0.4 is 14.8 Å². The second-order valence-corrected chi connectivity index (χ2v) is 8.94. The normalized spacial score (nSPS) is 11.9. The molecule has 1 atom stereocenters. The van der Waals surface area contributed by atoms with E-state index >= 15 is 0 Å². The Hall–Kier alpha value is -3.42. The predicted molar refractivity (Wildman–Crippen MR) is 145 cm³/mol. The molecule has 182 valence electrons. The van der Waals surface area contributed by atoms with Gasteiger partial charge in [-0.15, -0.1) is 0 Å². The van der Waals surface area contributed by atoms with Gasteiger partial charge in [0.1, 0.15) is 5.75 Å². The topological polar surface area (TPSA) is 86.4 Å². The van der Waals surface area contributed by atoms with E-state index in [4.69, 9.17) is 4.74 Å². The maximum Gasteiger partial charge on any atom is 0.255 e. The molecular weight excluding hydrogens is 458 g/mol. The van der Waals surface area contributed by atoms with Crippen molar-refractivity contribution in [3.05, 3.63) is 84.1 Å². The maximum absolute atomic E-state index is 13.3. The van der Waals surface area contributed by atoms with Crippen LogP contribution in [0, 0.1) is 0 Å². The molecule has 0 aliphatic rings. The molecule has 1 heterocycles. The number of aliphatic hydroxyl groups is 1. The zero-order chi connectivity index (χ0) is 24.6. The molecule has 3 aromatic carbocycles. The van der Waals surface area contributed by atoms with E-state index in [1.54, 1.807) is 0 Å². The molecule has 4 rings (SSSR count). The Bertz CT molecular complexity index is 1290. The van der Waals surface area contributed by atoms with E-state index in [1.165, 1.54) is 11.9 Å². The fourth-order valence-corrected chi connectivity index (χ4v) is 4.48. The number of aromatic amines is 1. The van der Waals surface area contributed by atoms with E-state index < -0.39 is 0 Å². The molecule has 0 spiro atoms. The van der Waals surface area contributed by atoms with E-state index in [2.05, 4.69) is 21.1 Å². The average molecular weight is 490 g/mol. The number of para-hydroxylation sites is 1. The molecule has 0 saturated carbocycles. The molecule has 0 bridgehead atoms. The van der Waals surface area contributed by atoms with Gasteiger partial charge in [-0.25, -0.2) is 0 Å². The Kier molecular flexibility index (Phi) is 8.34. The molecule has 0 unspecified atom stereocenters. The molecule has 0 radical (unpaired) electrons. The Labute approximate surface area is 210 Å². The average Bonchev–Trinajstić information content (AvgIpc) is 3.32. The highest BCUT2D eigenvalue weighted by atomic mass is 32.2. The van der Waals surface area contributed by atoms with Gasteiger partial charge in [-0.3, -0.25) is 4.79 Å². The van der Waals surface area contributed by atoms with Crippen LogP contribution >= 0.6 is 11.9 Å². The molecule has 0 saturated heterocycles. The highest BCUT2D eigenvalue weighted by molar-refractivity contribution is 7.99. The minimum absolute atomic E-state index is 0.0728. The Morgan fingerprint density at radius 1 is 1.09 bits per heavy atom. The van der Waals surface area contributed by atoms with Crippen LogP contribution in [-0.4, -0.2) is 42.0 Å². The van der Waals surface area contributed by atoms with Gasteiger partial charge in [0.05, 0.1) is 18.8 Å². The Balaban J connectivity index is 1.58. The summed E-state index contributed by atoms with van der Waals surface area (Å²) in [5.74, 6) is 0.0985. The third-order valence-corrected chi connectivity index (χ3v) is 6.33. The first kappa shape index (κ1) is 24.7. The summed E-state index contributed by atoms with van der Waals surface area (Å²) in [6.07, 6.45) is 4.73. The van der Waals surface area contributed by atoms with Crippen LogP contribution in [0.15, 0.2) is 72.9 Å². The van der Waals surface area contributed by atoms with Crippen molar-refractivity contribution >= 4 is 34.4 Å². The number of aliphatic hydroxyl groups excluding tert-OH is 1. The van der Waals surface area contributed by atoms with Gasteiger partial charge >= 0.3 is 0 Å². The minimum Gasteiger partial charge on any atom is -0.493 e. The number of H-pyrrole nitrogens is 1. The van der Waals surface area contributed by atoms with Crippen LogP contribution in [0.4, 0.5) is 5.69 Å². The number of amides is 1. The molecular formula is C28H31N3O3S. The Morgan fingerprint density at radius 2 is 1.91 bits per heavy atom. The summed E-state index contributed by atoms with van der Waals surface area (Å²) in [6.45, 7) is 2.80. The van der Waals surface area contributed by atoms with E-state index in [0.717, 1.165) is 39.7 Å². The number of ether oxygens (including phenoxy) is 1. The van der Waals surface area contributed by atoms with Gasteiger partial charge in [0.25, 0.3) is 5.91 Å². The molecule has 4 aromatic rings. The lowest BCUT2D eigenvalue weighted by Crippen LogP contribution is -2.30. The van der Waals surface area contributed by atoms with Crippen LogP contribution in [0.2, 0.25) is 0 Å². The molecule has 7 heteroatoms. The van der Waals surface area contributed by atoms with Gasteiger partial charge in [0.15, 0.2) is 0 Å². The van der Waals surface area contributed by atoms with Gasteiger partial charge < -0.3 is 24.9 Å². The van der Waals surface area contributed by atoms with Crippen LogP contribution in [0.1, 0.15) is 35.2 Å². The fraction of sp³-hybridized carbons (Fsp3) is 0.250. The molecule has 0 aliphatic carbocycles. The van der Waals surface area contributed by atoms with Crippen LogP contribution in [0.3, 0.4) is 0 Å². The number of fused-ring (bicyclic) bond motifs is 1. The number of hydrogen-bond donors (Lipinski definition) is 4. The van der Waals surface area contributed by atoms with Crippen molar-refractivity contribution in [1.29, 1.82) is 0 Å². The summed E-state index contributed by atoms with van der Waals surface area (Å²) in [5.41, 5.74) is 5.41. The van der Waals surface area contributed by atoms with Gasteiger partial charge in [-0.2, -0.15) is 0 Å². The van der Waals surface area contributed by atoms with E-state index in [-0.39, 0.29) is 18.4 Å². The molecule has 4 N–H and O–H groups in total. The Morgan fingerprint density at radius 3 is 2.71 bits per heavy atom. The van der Waals surface area contributed by atoms with Crippen LogP contribution in [0.25, 0.3) is 22.0 Å². The number of rotatable bonds is 11. The summed E-state index contributed by atoms with van der Waals surface area (Å²) < 4.78 is 9.14. The maximum atomic E-state index is 13.3. The van der Waals surface area contributed by atoms with E-state index in [9.17, 15) is 9.90 Å². The lowest BCUT2D eigenvalue weighted by atomic mass is 9.98. The molecule has 1 aromatic heterocycles. The number of carbonyl (C=O) groups excluding carboxylic acids is 1. The summed E-state index contributed by atoms with van der Waals surface area (Å²) in [4.78, 5) is 16.6. The standard InChI is InChI=1S/C28H31N3O3S/c1-3-13-34-27-12-11-20(19-7-6-8-22(14-19)31-35-2)15-24(27)28(33)30-16-21(18-32)25-17-29-26-10-5-4-9-23(25)26/h4-12,14-15,17,21,29,31-32H,3,13,16,18H2,1-2H3,(H,30,33)/t21-/m1/s1. The van der Waals surface area contributed by atoms with Crippen molar-refractivity contribution in [2.45, 2.75) is 19.3 Å². The highest BCUT2D eigenvalue weighted by Crippen LogP contribution is 2.30. The van der Waals surface area contributed by atoms with E-state index in [0.29, 0.717) is 24.5 Å². The quantitative estimate of drug-likeness (QED) is 0.200. The molecule has 1 amide bonds. The monoisotopic (exact) mass is 489 g/mol. The molecule has 0 fully saturated rings.